The molecule has 0 saturated heterocycles. The van der Waals surface area contributed by atoms with Crippen LogP contribution in [0.5, 0.6) is 0 Å². The zero-order valence-electron chi connectivity index (χ0n) is 18.0. The zero-order chi connectivity index (χ0) is 21.4. The average Bonchev–Trinajstić information content (AvgIpc) is 3.39. The van der Waals surface area contributed by atoms with Crippen LogP contribution in [0.2, 0.25) is 39.3 Å². The summed E-state index contributed by atoms with van der Waals surface area (Å²) >= 11 is 14.3. The fourth-order valence-electron chi connectivity index (χ4n) is 4.23. The summed E-state index contributed by atoms with van der Waals surface area (Å²) in [5.74, 6) is 0. The lowest BCUT2D eigenvalue weighted by molar-refractivity contribution is 1.79. The number of hydrogen-bond donors (Lipinski definition) is 0. The molecule has 7 aromatic rings. The minimum absolute atomic E-state index is 1.28. The molecule has 0 aliphatic heterocycles. The maximum atomic E-state index is 2.56. The molecule has 7 aromatic heterocycles. The van der Waals surface area contributed by atoms with Gasteiger partial charge in [-0.1, -0.05) is 39.3 Å². The largest absolute Gasteiger partial charge is 0.143 e. The van der Waals surface area contributed by atoms with Crippen molar-refractivity contribution in [2.24, 2.45) is 0 Å². The van der Waals surface area contributed by atoms with E-state index in [1.54, 1.807) is 39.3 Å². The molecule has 7 rings (SSSR count). The Morgan fingerprint density at radius 3 is 1.65 bits per heavy atom. The lowest BCUT2D eigenvalue weighted by atomic mass is 10.1. The summed E-state index contributed by atoms with van der Waals surface area (Å²) in [6, 6.07) is 5.08. The Morgan fingerprint density at radius 2 is 1.00 bits per heavy atom. The first-order valence-electron chi connectivity index (χ1n) is 10.3. The Morgan fingerprint density at radius 1 is 0.484 bits per heavy atom. The number of rotatable bonds is 2. The van der Waals surface area contributed by atoms with Crippen LogP contribution in [-0.2, 0) is 0 Å². The fraction of sp³-hybridized carbons (Fsp3) is 0.273. The number of thiophene rings is 7. The average molecular weight is 565 g/mol. The summed E-state index contributed by atoms with van der Waals surface area (Å²) in [5, 5.41) is 7.81. The van der Waals surface area contributed by atoms with Crippen molar-refractivity contribution >= 4 is 161 Å². The van der Waals surface area contributed by atoms with Gasteiger partial charge in [-0.15, -0.1) is 79.4 Å². The minimum atomic E-state index is -1.28. The van der Waals surface area contributed by atoms with E-state index in [1.807, 2.05) is 56.7 Å². The summed E-state index contributed by atoms with van der Waals surface area (Å²) in [5.41, 5.74) is 0. The van der Waals surface area contributed by atoms with Gasteiger partial charge >= 0.3 is 0 Å². The van der Waals surface area contributed by atoms with Crippen LogP contribution in [0.1, 0.15) is 0 Å². The van der Waals surface area contributed by atoms with Gasteiger partial charge in [0.1, 0.15) is 0 Å². The predicted octanol–water partition coefficient (Wildman–Crippen LogP) is 10.1. The first kappa shape index (κ1) is 20.3. The Bertz CT molecular complexity index is 1680. The molecule has 0 aromatic carbocycles. The number of fused-ring (bicyclic) bond motifs is 11. The van der Waals surface area contributed by atoms with E-state index in [-0.39, 0.29) is 0 Å². The van der Waals surface area contributed by atoms with Gasteiger partial charge in [0.2, 0.25) is 0 Å². The van der Waals surface area contributed by atoms with Gasteiger partial charge in [-0.2, -0.15) is 0 Å². The van der Waals surface area contributed by atoms with Crippen LogP contribution >= 0.6 is 79.4 Å². The van der Waals surface area contributed by atoms with Crippen molar-refractivity contribution in [3.05, 3.63) is 12.1 Å². The highest BCUT2D eigenvalue weighted by Gasteiger charge is 2.27. The Balaban J connectivity index is 1.64. The lowest BCUT2D eigenvalue weighted by Crippen LogP contribution is -2.34. The molecule has 31 heavy (non-hydrogen) atoms. The third-order valence-corrected chi connectivity index (χ3v) is 21.8. The fourth-order valence-corrected chi connectivity index (χ4v) is 18.7. The molecule has 0 radical (unpaired) electrons. The normalized spacial score (nSPS) is 14.1. The Labute approximate surface area is 210 Å². The standard InChI is InChI=1S/C22H20S7Si2/c1-30(2,3)11-7-9-13-14-15-16-17-10(8-12(24-17)31(4,5)6)23-22(16)29-21(15)28-20(14)27-19(13)26-18(9)25-11/h7-8H,1-6H3. The Hall–Kier alpha value is -0.106. The predicted molar refractivity (Wildman–Crippen MR) is 163 cm³/mol. The minimum Gasteiger partial charge on any atom is -0.143 e. The van der Waals surface area contributed by atoms with Crippen LogP contribution in [0.15, 0.2) is 12.1 Å². The van der Waals surface area contributed by atoms with Crippen LogP contribution in [0.3, 0.4) is 0 Å². The molecule has 0 aliphatic carbocycles. The van der Waals surface area contributed by atoms with Crippen LogP contribution in [0.25, 0.3) is 56.4 Å². The van der Waals surface area contributed by atoms with E-state index >= 15 is 0 Å². The molecule has 0 nitrogen and oxygen atoms in total. The summed E-state index contributed by atoms with van der Waals surface area (Å²) in [6.45, 7) is 14.9. The SMILES string of the molecule is C[Si](C)(C)c1cc2c(s1)sc1sc3sc4sc5sc6cc([Si](C)(C)C)sc6c5c4c3c12. The van der Waals surface area contributed by atoms with Gasteiger partial charge in [-0.3, -0.25) is 0 Å². The quantitative estimate of drug-likeness (QED) is 0.183. The highest BCUT2D eigenvalue weighted by atomic mass is 32.2. The van der Waals surface area contributed by atoms with Gasteiger partial charge < -0.3 is 0 Å². The van der Waals surface area contributed by atoms with Crippen molar-refractivity contribution in [1.29, 1.82) is 0 Å². The van der Waals surface area contributed by atoms with E-state index < -0.39 is 16.1 Å². The molecule has 0 atom stereocenters. The van der Waals surface area contributed by atoms with Crippen LogP contribution < -0.4 is 9.00 Å². The van der Waals surface area contributed by atoms with E-state index in [9.17, 15) is 0 Å². The highest BCUT2D eigenvalue weighted by molar-refractivity contribution is 7.60. The molecule has 0 spiro atoms. The van der Waals surface area contributed by atoms with Crippen LogP contribution in [0.4, 0.5) is 0 Å². The van der Waals surface area contributed by atoms with Gasteiger partial charge in [0.15, 0.2) is 0 Å². The molecule has 0 saturated carbocycles. The molecule has 0 amide bonds. The van der Waals surface area contributed by atoms with Crippen molar-refractivity contribution in [1.82, 2.24) is 0 Å². The summed E-state index contributed by atoms with van der Waals surface area (Å²) in [7, 11) is -2.57. The van der Waals surface area contributed by atoms with Crippen LogP contribution in [0, 0.1) is 0 Å². The second-order valence-electron chi connectivity index (χ2n) is 10.3. The van der Waals surface area contributed by atoms with E-state index in [4.69, 9.17) is 0 Å². The molecular weight excluding hydrogens is 545 g/mol. The molecule has 0 aliphatic rings. The summed E-state index contributed by atoms with van der Waals surface area (Å²) < 4.78 is 14.0. The molecule has 0 N–H and O–H groups in total. The molecular formula is C22H20S7Si2. The Kier molecular flexibility index (Phi) is 4.13. The maximum absolute atomic E-state index is 2.56. The highest BCUT2D eigenvalue weighted by Crippen LogP contribution is 2.56. The van der Waals surface area contributed by atoms with Crippen LogP contribution in [-0.4, -0.2) is 16.1 Å². The van der Waals surface area contributed by atoms with Gasteiger partial charge in [0.25, 0.3) is 0 Å². The van der Waals surface area contributed by atoms with Gasteiger partial charge in [0.05, 0.1) is 40.9 Å². The summed E-state index contributed by atoms with van der Waals surface area (Å²) in [6.07, 6.45) is 0. The topological polar surface area (TPSA) is 0 Å². The monoisotopic (exact) mass is 564 g/mol. The number of hydrogen-bond acceptors (Lipinski definition) is 7. The molecule has 9 heteroatoms. The lowest BCUT2D eigenvalue weighted by Gasteiger charge is -2.12. The molecule has 158 valence electrons. The zero-order valence-corrected chi connectivity index (χ0v) is 25.7. The first-order valence-corrected chi connectivity index (χ1v) is 23.0. The van der Waals surface area contributed by atoms with Gasteiger partial charge in [-0.05, 0) is 21.1 Å². The molecule has 0 bridgehead atoms. The second kappa shape index (κ2) is 6.31. The van der Waals surface area contributed by atoms with Gasteiger partial charge in [-0.25, -0.2) is 0 Å². The van der Waals surface area contributed by atoms with Crippen molar-refractivity contribution in [2.45, 2.75) is 39.3 Å². The van der Waals surface area contributed by atoms with Crippen molar-refractivity contribution < 1.29 is 0 Å². The van der Waals surface area contributed by atoms with E-state index in [0.717, 1.165) is 0 Å². The third kappa shape index (κ3) is 2.75. The molecule has 7 heterocycles. The van der Waals surface area contributed by atoms with Crippen molar-refractivity contribution in [3.63, 3.8) is 0 Å². The van der Waals surface area contributed by atoms with E-state index in [0.29, 0.717) is 0 Å². The smallest absolute Gasteiger partial charge is 0.0908 e. The van der Waals surface area contributed by atoms with Crippen molar-refractivity contribution in [2.75, 3.05) is 0 Å². The van der Waals surface area contributed by atoms with Crippen molar-refractivity contribution in [3.8, 4) is 0 Å². The molecule has 0 unspecified atom stereocenters. The first-order chi connectivity index (χ1) is 14.6. The maximum Gasteiger partial charge on any atom is 0.0908 e. The summed E-state index contributed by atoms with van der Waals surface area (Å²) in [4.78, 5) is 0. The van der Waals surface area contributed by atoms with E-state index in [2.05, 4.69) is 74.1 Å². The third-order valence-electron chi connectivity index (χ3n) is 5.88. The molecule has 0 fully saturated rings. The second-order valence-corrected chi connectivity index (χ2v) is 29.6. The van der Waals surface area contributed by atoms with E-state index in [1.165, 1.54) is 26.1 Å². The van der Waals surface area contributed by atoms with Gasteiger partial charge in [0, 0.05) is 31.6 Å².